The molecule has 0 fully saturated rings. The SMILES string of the molecule is CN(c1ccccc1)c1ncc(C(N)=O)cn1. The standard InChI is InChI=1S/C12H12N4O/c1-16(10-5-3-2-4-6-10)12-14-7-9(8-15-12)11(13)17/h2-8H,1H3,(H2,13,17). The summed E-state index contributed by atoms with van der Waals surface area (Å²) in [6.45, 7) is 0. The highest BCUT2D eigenvalue weighted by molar-refractivity contribution is 5.92. The topological polar surface area (TPSA) is 72.1 Å². The second kappa shape index (κ2) is 4.61. The molecule has 0 atom stereocenters. The van der Waals surface area contributed by atoms with Gasteiger partial charge in [0.1, 0.15) is 0 Å². The molecule has 2 aromatic rings. The van der Waals surface area contributed by atoms with Gasteiger partial charge in [-0.25, -0.2) is 9.97 Å². The molecule has 5 nitrogen and oxygen atoms in total. The number of primary amides is 1. The van der Waals surface area contributed by atoms with Crippen LogP contribution in [0.2, 0.25) is 0 Å². The number of nitrogens with zero attached hydrogens (tertiary/aromatic N) is 3. The van der Waals surface area contributed by atoms with E-state index in [0.29, 0.717) is 11.5 Å². The van der Waals surface area contributed by atoms with E-state index in [-0.39, 0.29) is 0 Å². The number of hydrogen-bond donors (Lipinski definition) is 1. The van der Waals surface area contributed by atoms with Gasteiger partial charge in [-0.3, -0.25) is 4.79 Å². The van der Waals surface area contributed by atoms with Crippen LogP contribution >= 0.6 is 0 Å². The number of carbonyl (C=O) groups is 1. The van der Waals surface area contributed by atoms with Crippen molar-refractivity contribution in [3.8, 4) is 0 Å². The molecule has 17 heavy (non-hydrogen) atoms. The summed E-state index contributed by atoms with van der Waals surface area (Å²) in [5.74, 6) is -0.0138. The number of anilines is 2. The highest BCUT2D eigenvalue weighted by atomic mass is 16.1. The lowest BCUT2D eigenvalue weighted by Gasteiger charge is -2.16. The van der Waals surface area contributed by atoms with Crippen LogP contribution in [0.15, 0.2) is 42.7 Å². The lowest BCUT2D eigenvalue weighted by atomic mass is 10.3. The second-order valence-corrected chi connectivity index (χ2v) is 3.53. The monoisotopic (exact) mass is 228 g/mol. The van der Waals surface area contributed by atoms with E-state index in [9.17, 15) is 4.79 Å². The quantitative estimate of drug-likeness (QED) is 0.860. The molecule has 2 rings (SSSR count). The first-order valence-electron chi connectivity index (χ1n) is 5.09. The number of hydrogen-bond acceptors (Lipinski definition) is 4. The van der Waals surface area contributed by atoms with E-state index >= 15 is 0 Å². The van der Waals surface area contributed by atoms with Crippen molar-refractivity contribution < 1.29 is 4.79 Å². The predicted octanol–water partition coefficient (Wildman–Crippen LogP) is 1.34. The molecule has 0 spiro atoms. The van der Waals surface area contributed by atoms with Gasteiger partial charge in [0.25, 0.3) is 5.91 Å². The zero-order chi connectivity index (χ0) is 12.3. The number of aromatic nitrogens is 2. The van der Waals surface area contributed by atoms with E-state index in [0.717, 1.165) is 5.69 Å². The average Bonchev–Trinajstić information content (AvgIpc) is 2.39. The van der Waals surface area contributed by atoms with E-state index in [2.05, 4.69) is 9.97 Å². The Hall–Kier alpha value is -2.43. The molecule has 0 aliphatic carbocycles. The van der Waals surface area contributed by atoms with Gasteiger partial charge in [-0.2, -0.15) is 0 Å². The van der Waals surface area contributed by atoms with Crippen molar-refractivity contribution in [2.24, 2.45) is 5.73 Å². The summed E-state index contributed by atoms with van der Waals surface area (Å²) in [5, 5.41) is 0. The average molecular weight is 228 g/mol. The Balaban J connectivity index is 2.26. The summed E-state index contributed by atoms with van der Waals surface area (Å²) in [7, 11) is 1.86. The molecule has 0 aliphatic heterocycles. The van der Waals surface area contributed by atoms with Crippen molar-refractivity contribution in [1.29, 1.82) is 0 Å². The van der Waals surface area contributed by atoms with Crippen LogP contribution in [0.5, 0.6) is 0 Å². The van der Waals surface area contributed by atoms with Gasteiger partial charge in [-0.05, 0) is 12.1 Å². The third-order valence-electron chi connectivity index (χ3n) is 2.37. The van der Waals surface area contributed by atoms with Crippen LogP contribution in [0.4, 0.5) is 11.6 Å². The number of carbonyl (C=O) groups excluding carboxylic acids is 1. The van der Waals surface area contributed by atoms with Crippen molar-refractivity contribution in [2.75, 3.05) is 11.9 Å². The van der Waals surface area contributed by atoms with Crippen molar-refractivity contribution >= 4 is 17.5 Å². The molecule has 86 valence electrons. The smallest absolute Gasteiger partial charge is 0.251 e. The van der Waals surface area contributed by atoms with Gasteiger partial charge in [-0.15, -0.1) is 0 Å². The maximum absolute atomic E-state index is 10.9. The van der Waals surface area contributed by atoms with E-state index in [4.69, 9.17) is 5.73 Å². The number of amides is 1. The third-order valence-corrected chi connectivity index (χ3v) is 2.37. The fraction of sp³-hybridized carbons (Fsp3) is 0.0833. The third kappa shape index (κ3) is 2.39. The van der Waals surface area contributed by atoms with Gasteiger partial charge >= 0.3 is 0 Å². The van der Waals surface area contributed by atoms with E-state index in [1.807, 2.05) is 42.3 Å². The fourth-order valence-electron chi connectivity index (χ4n) is 1.39. The number of para-hydroxylation sites is 1. The lowest BCUT2D eigenvalue weighted by Crippen LogP contribution is -2.16. The molecule has 1 amide bonds. The Bertz CT molecular complexity index is 510. The molecule has 1 heterocycles. The van der Waals surface area contributed by atoms with Gasteiger partial charge in [-0.1, -0.05) is 18.2 Å². The van der Waals surface area contributed by atoms with Gasteiger partial charge in [0.05, 0.1) is 5.56 Å². The fourth-order valence-corrected chi connectivity index (χ4v) is 1.39. The molecule has 0 saturated heterocycles. The summed E-state index contributed by atoms with van der Waals surface area (Å²) < 4.78 is 0. The van der Waals surface area contributed by atoms with Gasteiger partial charge in [0.15, 0.2) is 0 Å². The molecule has 1 aromatic carbocycles. The van der Waals surface area contributed by atoms with E-state index in [1.54, 1.807) is 0 Å². The molecular formula is C12H12N4O. The lowest BCUT2D eigenvalue weighted by molar-refractivity contribution is 0.0999. The second-order valence-electron chi connectivity index (χ2n) is 3.53. The molecular weight excluding hydrogens is 216 g/mol. The van der Waals surface area contributed by atoms with Crippen LogP contribution in [0.25, 0.3) is 0 Å². The summed E-state index contributed by atoms with van der Waals surface area (Å²) in [4.78, 5) is 20.9. The first-order valence-corrected chi connectivity index (χ1v) is 5.09. The minimum absolute atomic E-state index is 0.301. The summed E-state index contributed by atoms with van der Waals surface area (Å²) >= 11 is 0. The summed E-state index contributed by atoms with van der Waals surface area (Å²) in [5.41, 5.74) is 6.39. The normalized spacial score (nSPS) is 9.94. The minimum atomic E-state index is -0.529. The van der Waals surface area contributed by atoms with Crippen molar-refractivity contribution in [3.63, 3.8) is 0 Å². The van der Waals surface area contributed by atoms with Gasteiger partial charge < -0.3 is 10.6 Å². The Morgan fingerprint density at radius 3 is 2.29 bits per heavy atom. The molecule has 0 saturated carbocycles. The zero-order valence-corrected chi connectivity index (χ0v) is 9.37. The number of nitrogens with two attached hydrogens (primary N) is 1. The van der Waals surface area contributed by atoms with E-state index in [1.165, 1.54) is 12.4 Å². The first-order chi connectivity index (χ1) is 8.18. The van der Waals surface area contributed by atoms with Gasteiger partial charge in [0.2, 0.25) is 5.95 Å². The maximum atomic E-state index is 10.9. The molecule has 0 aliphatic rings. The van der Waals surface area contributed by atoms with Crippen molar-refractivity contribution in [3.05, 3.63) is 48.3 Å². The van der Waals surface area contributed by atoms with Crippen LogP contribution in [0, 0.1) is 0 Å². The maximum Gasteiger partial charge on any atom is 0.251 e. The first kappa shape index (κ1) is 11.1. The molecule has 0 radical (unpaired) electrons. The molecule has 0 unspecified atom stereocenters. The van der Waals surface area contributed by atoms with Crippen LogP contribution in [-0.4, -0.2) is 22.9 Å². The number of rotatable bonds is 3. The van der Waals surface area contributed by atoms with Gasteiger partial charge in [0, 0.05) is 25.1 Å². The van der Waals surface area contributed by atoms with Crippen LogP contribution in [0.3, 0.4) is 0 Å². The highest BCUT2D eigenvalue weighted by Crippen LogP contribution is 2.18. The van der Waals surface area contributed by atoms with Crippen LogP contribution in [0.1, 0.15) is 10.4 Å². The largest absolute Gasteiger partial charge is 0.366 e. The Morgan fingerprint density at radius 2 is 1.76 bits per heavy atom. The molecule has 5 heteroatoms. The Kier molecular flexibility index (Phi) is 3.00. The zero-order valence-electron chi connectivity index (χ0n) is 9.37. The van der Waals surface area contributed by atoms with Crippen molar-refractivity contribution in [2.45, 2.75) is 0 Å². The van der Waals surface area contributed by atoms with Crippen LogP contribution < -0.4 is 10.6 Å². The highest BCUT2D eigenvalue weighted by Gasteiger charge is 2.07. The minimum Gasteiger partial charge on any atom is -0.366 e. The molecule has 0 bridgehead atoms. The van der Waals surface area contributed by atoms with Crippen molar-refractivity contribution in [1.82, 2.24) is 9.97 Å². The molecule has 2 N–H and O–H groups in total. The predicted molar refractivity (Wildman–Crippen MR) is 65.1 cm³/mol. The van der Waals surface area contributed by atoms with E-state index < -0.39 is 5.91 Å². The van der Waals surface area contributed by atoms with Crippen LogP contribution in [-0.2, 0) is 0 Å². The number of benzene rings is 1. The summed E-state index contributed by atoms with van der Waals surface area (Å²) in [6, 6.07) is 9.71. The summed E-state index contributed by atoms with van der Waals surface area (Å²) in [6.07, 6.45) is 2.84. The molecule has 1 aromatic heterocycles. The Labute approximate surface area is 98.9 Å². The Morgan fingerprint density at radius 1 is 1.18 bits per heavy atom.